The molecule has 0 fully saturated rings. The lowest BCUT2D eigenvalue weighted by molar-refractivity contribution is -0.119. The van der Waals surface area contributed by atoms with Crippen LogP contribution >= 0.6 is 12.2 Å². The molecule has 0 saturated carbocycles. The van der Waals surface area contributed by atoms with Crippen LogP contribution in [-0.2, 0) is 4.79 Å². The number of amides is 2. The van der Waals surface area contributed by atoms with Crippen molar-refractivity contribution in [3.8, 4) is 0 Å². The van der Waals surface area contributed by atoms with Crippen LogP contribution in [0.3, 0.4) is 0 Å². The molecule has 6 heteroatoms. The summed E-state index contributed by atoms with van der Waals surface area (Å²) in [6.07, 6.45) is 0.357. The van der Waals surface area contributed by atoms with E-state index in [1.165, 1.54) is 0 Å². The molecule has 21 heavy (non-hydrogen) atoms. The van der Waals surface area contributed by atoms with Crippen molar-refractivity contribution in [3.05, 3.63) is 29.8 Å². The van der Waals surface area contributed by atoms with E-state index in [2.05, 4.69) is 16.0 Å². The Kier molecular flexibility index (Phi) is 5.84. The van der Waals surface area contributed by atoms with Crippen molar-refractivity contribution < 1.29 is 9.59 Å². The highest BCUT2D eigenvalue weighted by Gasteiger charge is 2.15. The third kappa shape index (κ3) is 6.35. The highest BCUT2D eigenvalue weighted by Crippen LogP contribution is 2.12. The van der Waals surface area contributed by atoms with Crippen molar-refractivity contribution in [1.82, 2.24) is 10.6 Å². The third-order valence-corrected chi connectivity index (χ3v) is 2.65. The number of benzene rings is 1. The standard InChI is InChI=1S/C15H21N3O2S/c1-5-12(19)17-14(21)16-11-8-6-7-10(9-11)13(20)18-15(2,3)4/h6-9H,5H2,1-4H3,(H,18,20)(H2,16,17,19,21). The van der Waals surface area contributed by atoms with Gasteiger partial charge in [-0.25, -0.2) is 0 Å². The maximum absolute atomic E-state index is 12.1. The van der Waals surface area contributed by atoms with Gasteiger partial charge in [-0.1, -0.05) is 13.0 Å². The zero-order chi connectivity index (χ0) is 16.0. The SMILES string of the molecule is CCC(=O)NC(=S)Nc1cccc(C(=O)NC(C)(C)C)c1. The van der Waals surface area contributed by atoms with Gasteiger partial charge in [-0.05, 0) is 51.2 Å². The van der Waals surface area contributed by atoms with Gasteiger partial charge in [0.15, 0.2) is 5.11 Å². The van der Waals surface area contributed by atoms with Crippen molar-refractivity contribution in [2.24, 2.45) is 0 Å². The molecule has 0 unspecified atom stereocenters. The molecular weight excluding hydrogens is 286 g/mol. The summed E-state index contributed by atoms with van der Waals surface area (Å²) in [5.41, 5.74) is 0.878. The summed E-state index contributed by atoms with van der Waals surface area (Å²) in [6.45, 7) is 7.50. The number of nitrogens with one attached hydrogen (secondary N) is 3. The first-order chi connectivity index (χ1) is 9.71. The fourth-order valence-corrected chi connectivity index (χ4v) is 1.76. The third-order valence-electron chi connectivity index (χ3n) is 2.45. The minimum Gasteiger partial charge on any atom is -0.347 e. The van der Waals surface area contributed by atoms with Crippen LogP contribution in [0.1, 0.15) is 44.5 Å². The normalized spacial score (nSPS) is 10.7. The van der Waals surface area contributed by atoms with Gasteiger partial charge in [-0.15, -0.1) is 0 Å². The van der Waals surface area contributed by atoms with Gasteiger partial charge < -0.3 is 16.0 Å². The lowest BCUT2D eigenvalue weighted by atomic mass is 10.1. The highest BCUT2D eigenvalue weighted by molar-refractivity contribution is 7.80. The molecule has 0 aliphatic rings. The van der Waals surface area contributed by atoms with Crippen molar-refractivity contribution in [2.75, 3.05) is 5.32 Å². The maximum atomic E-state index is 12.1. The fraction of sp³-hybridized carbons (Fsp3) is 0.400. The Morgan fingerprint density at radius 2 is 1.90 bits per heavy atom. The lowest BCUT2D eigenvalue weighted by Crippen LogP contribution is -2.40. The number of carbonyl (C=O) groups is 2. The Morgan fingerprint density at radius 1 is 1.24 bits per heavy atom. The Morgan fingerprint density at radius 3 is 2.48 bits per heavy atom. The van der Waals surface area contributed by atoms with E-state index >= 15 is 0 Å². The molecule has 0 aromatic heterocycles. The number of carbonyl (C=O) groups excluding carboxylic acids is 2. The lowest BCUT2D eigenvalue weighted by Gasteiger charge is -2.20. The van der Waals surface area contributed by atoms with E-state index in [-0.39, 0.29) is 22.5 Å². The van der Waals surface area contributed by atoms with Crippen LogP contribution in [0.4, 0.5) is 5.69 Å². The van der Waals surface area contributed by atoms with Gasteiger partial charge in [0.2, 0.25) is 5.91 Å². The van der Waals surface area contributed by atoms with E-state index in [0.29, 0.717) is 17.7 Å². The van der Waals surface area contributed by atoms with E-state index in [4.69, 9.17) is 12.2 Å². The van der Waals surface area contributed by atoms with Crippen LogP contribution in [0.25, 0.3) is 0 Å². The van der Waals surface area contributed by atoms with Gasteiger partial charge in [0.1, 0.15) is 0 Å². The van der Waals surface area contributed by atoms with E-state index in [0.717, 1.165) is 0 Å². The molecule has 1 aromatic rings. The van der Waals surface area contributed by atoms with E-state index < -0.39 is 0 Å². The molecule has 1 rings (SSSR count). The van der Waals surface area contributed by atoms with Gasteiger partial charge >= 0.3 is 0 Å². The first-order valence-corrected chi connectivity index (χ1v) is 7.15. The second-order valence-corrected chi connectivity index (χ2v) is 6.05. The van der Waals surface area contributed by atoms with Crippen LogP contribution < -0.4 is 16.0 Å². The van der Waals surface area contributed by atoms with E-state index in [9.17, 15) is 9.59 Å². The van der Waals surface area contributed by atoms with Crippen LogP contribution in [-0.4, -0.2) is 22.5 Å². The number of hydrogen-bond donors (Lipinski definition) is 3. The summed E-state index contributed by atoms with van der Waals surface area (Å²) in [5, 5.41) is 8.54. The van der Waals surface area contributed by atoms with Crippen LogP contribution in [0, 0.1) is 0 Å². The Hall–Kier alpha value is -1.95. The summed E-state index contributed by atoms with van der Waals surface area (Å²) < 4.78 is 0. The molecule has 0 atom stereocenters. The van der Waals surface area contributed by atoms with Gasteiger partial charge in [0.05, 0.1) is 0 Å². The van der Waals surface area contributed by atoms with Gasteiger partial charge in [-0.3, -0.25) is 9.59 Å². The molecule has 5 nitrogen and oxygen atoms in total. The molecule has 3 N–H and O–H groups in total. The Bertz CT molecular complexity index is 550. The molecule has 0 aliphatic carbocycles. The number of thiocarbonyl (C=S) groups is 1. The van der Waals surface area contributed by atoms with Crippen LogP contribution in [0.2, 0.25) is 0 Å². The van der Waals surface area contributed by atoms with E-state index in [1.807, 2.05) is 20.8 Å². The quantitative estimate of drug-likeness (QED) is 0.750. The second kappa shape index (κ2) is 7.17. The molecule has 0 aliphatic heterocycles. The molecule has 0 spiro atoms. The number of rotatable bonds is 3. The predicted octanol–water partition coefficient (Wildman–Crippen LogP) is 2.44. The monoisotopic (exact) mass is 307 g/mol. The van der Waals surface area contributed by atoms with Gasteiger partial charge in [0, 0.05) is 23.2 Å². The largest absolute Gasteiger partial charge is 0.347 e. The molecule has 0 bridgehead atoms. The smallest absolute Gasteiger partial charge is 0.251 e. The van der Waals surface area contributed by atoms with Crippen molar-refractivity contribution in [2.45, 2.75) is 39.7 Å². The summed E-state index contributed by atoms with van der Waals surface area (Å²) in [7, 11) is 0. The zero-order valence-electron chi connectivity index (χ0n) is 12.7. The van der Waals surface area contributed by atoms with Crippen LogP contribution in [0.5, 0.6) is 0 Å². The summed E-state index contributed by atoms with van der Waals surface area (Å²) in [4.78, 5) is 23.3. The van der Waals surface area contributed by atoms with E-state index in [1.54, 1.807) is 31.2 Å². The minimum absolute atomic E-state index is 0.158. The molecular formula is C15H21N3O2S. The predicted molar refractivity (Wildman–Crippen MR) is 88.3 cm³/mol. The number of hydrogen-bond acceptors (Lipinski definition) is 3. The average Bonchev–Trinajstić information content (AvgIpc) is 2.36. The first kappa shape index (κ1) is 17.1. The second-order valence-electron chi connectivity index (χ2n) is 5.64. The molecule has 0 radical (unpaired) electrons. The zero-order valence-corrected chi connectivity index (χ0v) is 13.6. The molecule has 0 heterocycles. The van der Waals surface area contributed by atoms with Crippen molar-refractivity contribution in [3.63, 3.8) is 0 Å². The molecule has 0 saturated heterocycles. The maximum Gasteiger partial charge on any atom is 0.251 e. The van der Waals surface area contributed by atoms with Crippen LogP contribution in [0.15, 0.2) is 24.3 Å². The summed E-state index contributed by atoms with van der Waals surface area (Å²) >= 11 is 5.03. The number of anilines is 1. The Balaban J connectivity index is 2.75. The summed E-state index contributed by atoms with van der Waals surface area (Å²) in [5.74, 6) is -0.316. The van der Waals surface area contributed by atoms with Gasteiger partial charge in [-0.2, -0.15) is 0 Å². The van der Waals surface area contributed by atoms with Crippen molar-refractivity contribution >= 4 is 34.8 Å². The van der Waals surface area contributed by atoms with Crippen molar-refractivity contribution in [1.29, 1.82) is 0 Å². The average molecular weight is 307 g/mol. The summed E-state index contributed by atoms with van der Waals surface area (Å²) in [6, 6.07) is 6.94. The minimum atomic E-state index is -0.301. The molecule has 1 aromatic carbocycles. The topological polar surface area (TPSA) is 70.2 Å². The molecule has 114 valence electrons. The Labute approximate surface area is 130 Å². The first-order valence-electron chi connectivity index (χ1n) is 6.74. The highest BCUT2D eigenvalue weighted by atomic mass is 32.1. The van der Waals surface area contributed by atoms with Gasteiger partial charge in [0.25, 0.3) is 5.91 Å². The fourth-order valence-electron chi connectivity index (χ4n) is 1.53. The molecule has 2 amide bonds.